The molecular formula is C13H10Cl3NO. The minimum absolute atomic E-state index is 0.0659. The summed E-state index contributed by atoms with van der Waals surface area (Å²) in [5.74, 6) is 0.171. The highest BCUT2D eigenvalue weighted by molar-refractivity contribution is 6.35. The lowest BCUT2D eigenvalue weighted by atomic mass is 10.2. The van der Waals surface area contributed by atoms with E-state index in [-0.39, 0.29) is 11.3 Å². The Morgan fingerprint density at radius 2 is 1.94 bits per heavy atom. The molecule has 0 N–H and O–H groups in total. The first-order chi connectivity index (χ1) is 8.52. The van der Waals surface area contributed by atoms with Crippen LogP contribution in [0.4, 0.5) is 0 Å². The van der Waals surface area contributed by atoms with E-state index in [1.165, 1.54) is 0 Å². The molecule has 0 amide bonds. The van der Waals surface area contributed by atoms with Crippen LogP contribution in [0.2, 0.25) is 10.0 Å². The van der Waals surface area contributed by atoms with Crippen molar-refractivity contribution in [3.8, 4) is 5.69 Å². The first kappa shape index (κ1) is 13.5. The molecular weight excluding hydrogens is 293 g/mol. The Morgan fingerprint density at radius 1 is 1.22 bits per heavy atom. The van der Waals surface area contributed by atoms with E-state index in [1.54, 1.807) is 30.5 Å². The monoisotopic (exact) mass is 301 g/mol. The van der Waals surface area contributed by atoms with E-state index in [0.29, 0.717) is 15.6 Å². The van der Waals surface area contributed by atoms with Crippen molar-refractivity contribution in [2.24, 2.45) is 0 Å². The van der Waals surface area contributed by atoms with Crippen LogP contribution in [0.5, 0.6) is 0 Å². The van der Waals surface area contributed by atoms with Gasteiger partial charge in [0.1, 0.15) is 0 Å². The Morgan fingerprint density at radius 3 is 2.56 bits per heavy atom. The molecule has 94 valence electrons. The van der Waals surface area contributed by atoms with Gasteiger partial charge in [-0.05, 0) is 25.1 Å². The average Bonchev–Trinajstić information content (AvgIpc) is 2.30. The molecule has 0 fully saturated rings. The molecule has 1 aromatic heterocycles. The van der Waals surface area contributed by atoms with Crippen molar-refractivity contribution in [1.82, 2.24) is 4.57 Å². The molecule has 0 radical (unpaired) electrons. The molecule has 1 aromatic carbocycles. The van der Waals surface area contributed by atoms with Gasteiger partial charge in [-0.1, -0.05) is 23.2 Å². The standard InChI is InChI=1S/C13H10Cl3NO/c1-8-4-13(18)9(6-14)7-17(8)12-3-2-10(15)5-11(12)16/h2-5,7H,6H2,1H3. The summed E-state index contributed by atoms with van der Waals surface area (Å²) in [7, 11) is 0. The van der Waals surface area contributed by atoms with Crippen LogP contribution >= 0.6 is 34.8 Å². The molecule has 0 atom stereocenters. The van der Waals surface area contributed by atoms with Crippen LogP contribution in [0, 0.1) is 6.92 Å². The fourth-order valence-corrected chi connectivity index (χ4v) is 2.41. The van der Waals surface area contributed by atoms with E-state index in [9.17, 15) is 4.79 Å². The molecule has 0 saturated heterocycles. The predicted molar refractivity (Wildman–Crippen MR) is 76.4 cm³/mol. The molecule has 0 saturated carbocycles. The van der Waals surface area contributed by atoms with E-state index < -0.39 is 0 Å². The zero-order chi connectivity index (χ0) is 13.3. The number of alkyl halides is 1. The second kappa shape index (κ2) is 5.35. The Hall–Kier alpha value is -0.960. The molecule has 18 heavy (non-hydrogen) atoms. The van der Waals surface area contributed by atoms with Crippen LogP contribution in [0.15, 0.2) is 35.3 Å². The van der Waals surface area contributed by atoms with Crippen molar-refractivity contribution in [3.63, 3.8) is 0 Å². The van der Waals surface area contributed by atoms with Crippen molar-refractivity contribution in [2.75, 3.05) is 0 Å². The summed E-state index contributed by atoms with van der Waals surface area (Å²) >= 11 is 17.8. The number of benzene rings is 1. The lowest BCUT2D eigenvalue weighted by molar-refractivity contribution is 0.955. The summed E-state index contributed by atoms with van der Waals surface area (Å²) in [6, 6.07) is 6.76. The van der Waals surface area contributed by atoms with Gasteiger partial charge in [0, 0.05) is 28.5 Å². The van der Waals surface area contributed by atoms with Crippen LogP contribution in [-0.2, 0) is 5.88 Å². The number of hydrogen-bond acceptors (Lipinski definition) is 1. The summed E-state index contributed by atoms with van der Waals surface area (Å²) in [5.41, 5.74) is 2.03. The SMILES string of the molecule is Cc1cc(=O)c(CCl)cn1-c1ccc(Cl)cc1Cl. The zero-order valence-electron chi connectivity index (χ0n) is 9.58. The Kier molecular flexibility index (Phi) is 4.00. The van der Waals surface area contributed by atoms with E-state index in [4.69, 9.17) is 34.8 Å². The lowest BCUT2D eigenvalue weighted by Crippen LogP contribution is -2.13. The van der Waals surface area contributed by atoms with Crippen LogP contribution in [0.25, 0.3) is 5.69 Å². The molecule has 2 nitrogen and oxygen atoms in total. The van der Waals surface area contributed by atoms with Gasteiger partial charge in [0.2, 0.25) is 0 Å². The first-order valence-corrected chi connectivity index (χ1v) is 6.55. The number of aryl methyl sites for hydroxylation is 1. The van der Waals surface area contributed by atoms with Crippen molar-refractivity contribution in [2.45, 2.75) is 12.8 Å². The smallest absolute Gasteiger partial charge is 0.186 e. The van der Waals surface area contributed by atoms with Crippen LogP contribution in [0.1, 0.15) is 11.3 Å². The topological polar surface area (TPSA) is 22.0 Å². The minimum atomic E-state index is -0.0659. The predicted octanol–water partition coefficient (Wildman–Crippen LogP) is 4.19. The third-order valence-corrected chi connectivity index (χ3v) is 3.46. The largest absolute Gasteiger partial charge is 0.319 e. The number of pyridine rings is 1. The third kappa shape index (κ3) is 2.56. The normalized spacial score (nSPS) is 10.7. The molecule has 5 heteroatoms. The van der Waals surface area contributed by atoms with Crippen molar-refractivity contribution < 1.29 is 0 Å². The van der Waals surface area contributed by atoms with Crippen molar-refractivity contribution in [3.05, 3.63) is 62.0 Å². The fourth-order valence-electron chi connectivity index (χ4n) is 1.71. The van der Waals surface area contributed by atoms with Gasteiger partial charge >= 0.3 is 0 Å². The number of rotatable bonds is 2. The van der Waals surface area contributed by atoms with Crippen LogP contribution in [0.3, 0.4) is 0 Å². The highest BCUT2D eigenvalue weighted by Gasteiger charge is 2.08. The van der Waals surface area contributed by atoms with Crippen molar-refractivity contribution in [1.29, 1.82) is 0 Å². The molecule has 2 aromatic rings. The maximum absolute atomic E-state index is 11.6. The summed E-state index contributed by atoms with van der Waals surface area (Å²) in [4.78, 5) is 11.6. The maximum atomic E-state index is 11.6. The number of aromatic nitrogens is 1. The van der Waals surface area contributed by atoms with Gasteiger partial charge in [0.05, 0.1) is 16.6 Å². The lowest BCUT2D eigenvalue weighted by Gasteiger charge is -2.13. The van der Waals surface area contributed by atoms with E-state index in [1.807, 2.05) is 11.5 Å². The van der Waals surface area contributed by atoms with E-state index >= 15 is 0 Å². The highest BCUT2D eigenvalue weighted by Crippen LogP contribution is 2.25. The Bertz CT molecular complexity index is 649. The van der Waals surface area contributed by atoms with Gasteiger partial charge in [-0.25, -0.2) is 0 Å². The summed E-state index contributed by atoms with van der Waals surface area (Å²) in [5, 5.41) is 1.09. The van der Waals surface area contributed by atoms with Gasteiger partial charge in [0.15, 0.2) is 5.43 Å². The second-order valence-corrected chi connectivity index (χ2v) is 5.01. The quantitative estimate of drug-likeness (QED) is 0.762. The molecule has 0 unspecified atom stereocenters. The fraction of sp³-hybridized carbons (Fsp3) is 0.154. The first-order valence-electron chi connectivity index (χ1n) is 5.26. The van der Waals surface area contributed by atoms with Gasteiger partial charge in [0.25, 0.3) is 0 Å². The minimum Gasteiger partial charge on any atom is -0.319 e. The van der Waals surface area contributed by atoms with Gasteiger partial charge < -0.3 is 4.57 Å². The molecule has 2 rings (SSSR count). The van der Waals surface area contributed by atoms with Gasteiger partial charge in [-0.15, -0.1) is 11.6 Å². The molecule has 1 heterocycles. The van der Waals surface area contributed by atoms with Crippen LogP contribution in [-0.4, -0.2) is 4.57 Å². The zero-order valence-corrected chi connectivity index (χ0v) is 11.9. The van der Waals surface area contributed by atoms with Crippen LogP contribution < -0.4 is 5.43 Å². The van der Waals surface area contributed by atoms with E-state index in [2.05, 4.69) is 0 Å². The molecule has 0 aliphatic carbocycles. The number of nitrogens with zero attached hydrogens (tertiary/aromatic N) is 1. The number of halogens is 3. The Balaban J connectivity index is 2.67. The highest BCUT2D eigenvalue weighted by atomic mass is 35.5. The molecule has 0 aliphatic rings. The molecule has 0 aliphatic heterocycles. The maximum Gasteiger partial charge on any atom is 0.186 e. The second-order valence-electron chi connectivity index (χ2n) is 3.90. The summed E-state index contributed by atoms with van der Waals surface area (Å²) in [6.45, 7) is 1.84. The van der Waals surface area contributed by atoms with Crippen molar-refractivity contribution >= 4 is 34.8 Å². The summed E-state index contributed by atoms with van der Waals surface area (Å²) < 4.78 is 1.83. The Labute approximate surface area is 120 Å². The third-order valence-electron chi connectivity index (χ3n) is 2.63. The molecule has 0 spiro atoms. The summed E-state index contributed by atoms with van der Waals surface area (Å²) in [6.07, 6.45) is 1.71. The molecule has 0 bridgehead atoms. The van der Waals surface area contributed by atoms with Gasteiger partial charge in [-0.2, -0.15) is 0 Å². The number of hydrogen-bond donors (Lipinski definition) is 0. The van der Waals surface area contributed by atoms with Gasteiger partial charge in [-0.3, -0.25) is 4.79 Å². The van der Waals surface area contributed by atoms with E-state index in [0.717, 1.165) is 11.4 Å². The average molecular weight is 303 g/mol.